The molecule has 20 heavy (non-hydrogen) atoms. The Morgan fingerprint density at radius 2 is 2.10 bits per heavy atom. The van der Waals surface area contributed by atoms with Crippen LogP contribution in [0.2, 0.25) is 0 Å². The van der Waals surface area contributed by atoms with Crippen LogP contribution in [-0.2, 0) is 6.42 Å². The summed E-state index contributed by atoms with van der Waals surface area (Å²) >= 11 is 0. The van der Waals surface area contributed by atoms with Gasteiger partial charge in [-0.25, -0.2) is 0 Å². The van der Waals surface area contributed by atoms with Gasteiger partial charge in [-0.05, 0) is 37.1 Å². The number of hydrogen-bond acceptors (Lipinski definition) is 4. The van der Waals surface area contributed by atoms with Gasteiger partial charge in [-0.1, -0.05) is 6.92 Å². The van der Waals surface area contributed by atoms with E-state index < -0.39 is 0 Å². The van der Waals surface area contributed by atoms with Gasteiger partial charge in [0.25, 0.3) is 0 Å². The largest absolute Gasteiger partial charge is 0.497 e. The van der Waals surface area contributed by atoms with Gasteiger partial charge < -0.3 is 10.1 Å². The first-order chi connectivity index (χ1) is 9.67. The Kier molecular flexibility index (Phi) is 5.15. The molecular weight excluding hydrogens is 252 g/mol. The number of ether oxygens (including phenoxy) is 1. The lowest BCUT2D eigenvalue weighted by molar-refractivity contribution is 0.0819. The van der Waals surface area contributed by atoms with Crippen molar-refractivity contribution in [3.8, 4) is 5.75 Å². The highest BCUT2D eigenvalue weighted by Crippen LogP contribution is 2.21. The third-order valence-corrected chi connectivity index (χ3v) is 4.04. The molecule has 1 aliphatic heterocycles. The summed E-state index contributed by atoms with van der Waals surface area (Å²) in [4.78, 5) is 15.0. The molecule has 1 aliphatic rings. The average Bonchev–Trinajstić information content (AvgIpc) is 2.53. The number of hydrogen-bond donors (Lipinski definition) is 1. The van der Waals surface area contributed by atoms with Gasteiger partial charge in [0.05, 0.1) is 13.2 Å². The number of carbonyl (C=O) groups excluding carboxylic acids is 1. The Morgan fingerprint density at radius 1 is 1.40 bits per heavy atom. The molecule has 4 nitrogen and oxygen atoms in total. The topological polar surface area (TPSA) is 41.6 Å². The average molecular weight is 276 g/mol. The summed E-state index contributed by atoms with van der Waals surface area (Å²) < 4.78 is 5.24. The lowest BCUT2D eigenvalue weighted by atomic mass is 9.96. The van der Waals surface area contributed by atoms with E-state index in [4.69, 9.17) is 4.74 Å². The van der Waals surface area contributed by atoms with Crippen LogP contribution in [0, 0.1) is 0 Å². The summed E-state index contributed by atoms with van der Waals surface area (Å²) in [5.74, 6) is 1.03. The zero-order chi connectivity index (χ0) is 14.5. The van der Waals surface area contributed by atoms with E-state index >= 15 is 0 Å². The second-order valence-electron chi connectivity index (χ2n) is 5.20. The van der Waals surface area contributed by atoms with E-state index in [1.165, 1.54) is 0 Å². The van der Waals surface area contributed by atoms with Crippen molar-refractivity contribution < 1.29 is 9.53 Å². The van der Waals surface area contributed by atoms with Crippen molar-refractivity contribution in [3.05, 3.63) is 29.3 Å². The zero-order valence-corrected chi connectivity index (χ0v) is 12.6. The van der Waals surface area contributed by atoms with Crippen LogP contribution in [0.5, 0.6) is 5.75 Å². The molecular formula is C16H24N2O2. The van der Waals surface area contributed by atoms with Crippen molar-refractivity contribution in [3.63, 3.8) is 0 Å². The van der Waals surface area contributed by atoms with Crippen LogP contribution >= 0.6 is 0 Å². The zero-order valence-electron chi connectivity index (χ0n) is 12.6. The molecule has 1 fully saturated rings. The number of ketones is 1. The molecule has 0 saturated carbocycles. The van der Waals surface area contributed by atoms with Gasteiger partial charge in [-0.15, -0.1) is 0 Å². The van der Waals surface area contributed by atoms with Gasteiger partial charge in [0.15, 0.2) is 5.78 Å². The molecule has 1 N–H and O–H groups in total. The van der Waals surface area contributed by atoms with E-state index in [0.29, 0.717) is 0 Å². The van der Waals surface area contributed by atoms with E-state index in [1.807, 2.05) is 25.1 Å². The summed E-state index contributed by atoms with van der Waals surface area (Å²) in [6, 6.07) is 5.68. The fourth-order valence-electron chi connectivity index (χ4n) is 2.69. The third kappa shape index (κ3) is 3.19. The van der Waals surface area contributed by atoms with Gasteiger partial charge in [0.1, 0.15) is 5.75 Å². The monoisotopic (exact) mass is 276 g/mol. The summed E-state index contributed by atoms with van der Waals surface area (Å²) in [6.07, 6.45) is 0.840. The Balaban J connectivity index is 2.19. The maximum atomic E-state index is 12.7. The molecule has 1 unspecified atom stereocenters. The number of methoxy groups -OCH3 is 1. The van der Waals surface area contributed by atoms with E-state index in [2.05, 4.69) is 17.1 Å². The molecule has 1 aromatic rings. The number of piperazine rings is 1. The molecule has 0 radical (unpaired) electrons. The van der Waals surface area contributed by atoms with Crippen LogP contribution in [0.15, 0.2) is 18.2 Å². The second-order valence-corrected chi connectivity index (χ2v) is 5.20. The van der Waals surface area contributed by atoms with E-state index in [-0.39, 0.29) is 11.8 Å². The molecule has 1 aromatic carbocycles. The molecule has 0 aliphatic carbocycles. The van der Waals surface area contributed by atoms with E-state index in [0.717, 1.165) is 49.5 Å². The number of carbonyl (C=O) groups is 1. The van der Waals surface area contributed by atoms with Crippen molar-refractivity contribution >= 4 is 5.78 Å². The van der Waals surface area contributed by atoms with Gasteiger partial charge >= 0.3 is 0 Å². The number of nitrogens with zero attached hydrogens (tertiary/aromatic N) is 1. The first-order valence-corrected chi connectivity index (χ1v) is 7.33. The normalized spacial score (nSPS) is 17.8. The molecule has 0 bridgehead atoms. The standard InChI is InChI=1S/C16H24N2O2/c1-4-13-11-14(20-3)5-6-15(13)16(19)12(2)18-9-7-17-8-10-18/h5-6,11-12,17H,4,7-10H2,1-3H3. The van der Waals surface area contributed by atoms with Gasteiger partial charge in [0, 0.05) is 31.7 Å². The maximum Gasteiger partial charge on any atom is 0.179 e. The molecule has 4 heteroatoms. The maximum absolute atomic E-state index is 12.7. The number of benzene rings is 1. The van der Waals surface area contributed by atoms with Crippen LogP contribution in [0.3, 0.4) is 0 Å². The van der Waals surface area contributed by atoms with Crippen LogP contribution in [0.4, 0.5) is 0 Å². The molecule has 110 valence electrons. The Hall–Kier alpha value is -1.39. The first-order valence-electron chi connectivity index (χ1n) is 7.33. The highest BCUT2D eigenvalue weighted by Gasteiger charge is 2.25. The van der Waals surface area contributed by atoms with Crippen molar-refractivity contribution in [1.82, 2.24) is 10.2 Å². The molecule has 1 heterocycles. The minimum atomic E-state index is -0.0594. The summed E-state index contributed by atoms with van der Waals surface area (Å²) in [6.45, 7) is 7.87. The lowest BCUT2D eigenvalue weighted by Gasteiger charge is -2.32. The quantitative estimate of drug-likeness (QED) is 0.832. The minimum absolute atomic E-state index is 0.0594. The molecule has 1 saturated heterocycles. The summed E-state index contributed by atoms with van der Waals surface area (Å²) in [5.41, 5.74) is 1.90. The molecule has 0 spiro atoms. The second kappa shape index (κ2) is 6.86. The smallest absolute Gasteiger partial charge is 0.179 e. The van der Waals surface area contributed by atoms with Crippen molar-refractivity contribution in [2.24, 2.45) is 0 Å². The number of rotatable bonds is 5. The van der Waals surface area contributed by atoms with Gasteiger partial charge in [0.2, 0.25) is 0 Å². The minimum Gasteiger partial charge on any atom is -0.497 e. The Bertz CT molecular complexity index is 468. The van der Waals surface area contributed by atoms with E-state index in [9.17, 15) is 4.79 Å². The highest BCUT2D eigenvalue weighted by atomic mass is 16.5. The Morgan fingerprint density at radius 3 is 2.70 bits per heavy atom. The molecule has 0 aromatic heterocycles. The fourth-order valence-corrected chi connectivity index (χ4v) is 2.69. The van der Waals surface area contributed by atoms with Crippen molar-refractivity contribution in [2.45, 2.75) is 26.3 Å². The van der Waals surface area contributed by atoms with Crippen LogP contribution < -0.4 is 10.1 Å². The van der Waals surface area contributed by atoms with Gasteiger partial charge in [-0.2, -0.15) is 0 Å². The number of nitrogens with one attached hydrogen (secondary N) is 1. The SMILES string of the molecule is CCc1cc(OC)ccc1C(=O)C(C)N1CCNCC1. The first kappa shape index (κ1) is 15.0. The van der Waals surface area contributed by atoms with Crippen molar-refractivity contribution in [2.75, 3.05) is 33.3 Å². The predicted octanol–water partition coefficient (Wildman–Crippen LogP) is 1.73. The third-order valence-electron chi connectivity index (χ3n) is 4.04. The van der Waals surface area contributed by atoms with Crippen LogP contribution in [0.25, 0.3) is 0 Å². The Labute approximate surface area is 121 Å². The van der Waals surface area contributed by atoms with E-state index in [1.54, 1.807) is 7.11 Å². The van der Waals surface area contributed by atoms with Crippen molar-refractivity contribution in [1.29, 1.82) is 0 Å². The predicted molar refractivity (Wildman–Crippen MR) is 80.6 cm³/mol. The van der Waals surface area contributed by atoms with Crippen LogP contribution in [-0.4, -0.2) is 50.0 Å². The molecule has 2 rings (SSSR count). The van der Waals surface area contributed by atoms with Gasteiger partial charge in [-0.3, -0.25) is 9.69 Å². The van der Waals surface area contributed by atoms with Crippen LogP contribution in [0.1, 0.15) is 29.8 Å². The highest BCUT2D eigenvalue weighted by molar-refractivity contribution is 6.01. The summed E-state index contributed by atoms with van der Waals surface area (Å²) in [5, 5.41) is 3.32. The molecule has 1 atom stereocenters. The molecule has 0 amide bonds. The lowest BCUT2D eigenvalue weighted by Crippen LogP contribution is -2.50. The summed E-state index contributed by atoms with van der Waals surface area (Å²) in [7, 11) is 1.65. The number of Topliss-reactive ketones (excluding diaryl/α,β-unsaturated/α-hetero) is 1. The fraction of sp³-hybridized carbons (Fsp3) is 0.562. The number of aryl methyl sites for hydroxylation is 1.